The van der Waals surface area contributed by atoms with Crippen molar-refractivity contribution in [2.75, 3.05) is 0 Å². The molecule has 0 aromatic heterocycles. The van der Waals surface area contributed by atoms with Crippen LogP contribution in [-0.2, 0) is 4.79 Å². The Kier molecular flexibility index (Phi) is 5.39. The molecule has 4 nitrogen and oxygen atoms in total. The fourth-order valence-corrected chi connectivity index (χ4v) is 1.70. The molecule has 0 aliphatic heterocycles. The lowest BCUT2D eigenvalue weighted by Gasteiger charge is -2.02. The van der Waals surface area contributed by atoms with E-state index in [2.05, 4.69) is 4.99 Å². The Morgan fingerprint density at radius 1 is 1.44 bits per heavy atom. The van der Waals surface area contributed by atoms with Gasteiger partial charge in [0.2, 0.25) is 0 Å². The van der Waals surface area contributed by atoms with Crippen LogP contribution in [0.25, 0.3) is 6.08 Å². The number of aliphatic imine (C=N–C) groups is 1. The van der Waals surface area contributed by atoms with E-state index in [1.54, 1.807) is 18.2 Å². The van der Waals surface area contributed by atoms with Gasteiger partial charge in [-0.2, -0.15) is 4.99 Å². The third kappa shape index (κ3) is 4.59. The lowest BCUT2D eigenvalue weighted by Crippen LogP contribution is -2.24. The summed E-state index contributed by atoms with van der Waals surface area (Å²) < 4.78 is 0. The second kappa shape index (κ2) is 6.81. The maximum absolute atomic E-state index is 11.8. The molecule has 1 aromatic carbocycles. The lowest BCUT2D eigenvalue weighted by molar-refractivity contribution is -0.114. The molecule has 18 heavy (non-hydrogen) atoms. The number of carbonyl (C=O) groups excluding carboxylic acids is 1. The second-order valence-electron chi connectivity index (χ2n) is 3.82. The van der Waals surface area contributed by atoms with Crippen LogP contribution in [-0.4, -0.2) is 11.9 Å². The van der Waals surface area contributed by atoms with Gasteiger partial charge >= 0.3 is 0 Å². The van der Waals surface area contributed by atoms with Crippen molar-refractivity contribution >= 4 is 29.5 Å². The van der Waals surface area contributed by atoms with Gasteiger partial charge in [-0.25, -0.2) is 0 Å². The Morgan fingerprint density at radius 2 is 2.17 bits per heavy atom. The van der Waals surface area contributed by atoms with E-state index in [0.717, 1.165) is 12.0 Å². The fourth-order valence-electron chi connectivity index (χ4n) is 1.50. The average molecular weight is 266 g/mol. The van der Waals surface area contributed by atoms with Crippen molar-refractivity contribution in [2.24, 2.45) is 16.5 Å². The Morgan fingerprint density at radius 3 is 2.72 bits per heavy atom. The molecule has 5 heteroatoms. The summed E-state index contributed by atoms with van der Waals surface area (Å²) in [5, 5.41) is 0.619. The maximum atomic E-state index is 11.8. The van der Waals surface area contributed by atoms with Gasteiger partial charge in [0, 0.05) is 10.6 Å². The first-order valence-electron chi connectivity index (χ1n) is 5.63. The Labute approximate surface area is 111 Å². The minimum Gasteiger partial charge on any atom is -0.370 e. The number of guanidine groups is 1. The van der Waals surface area contributed by atoms with Crippen molar-refractivity contribution in [3.8, 4) is 0 Å². The normalized spacial score (nSPS) is 11.1. The van der Waals surface area contributed by atoms with Gasteiger partial charge in [0.05, 0.1) is 0 Å². The van der Waals surface area contributed by atoms with Crippen molar-refractivity contribution in [1.29, 1.82) is 0 Å². The molecule has 0 bridgehead atoms. The van der Waals surface area contributed by atoms with Crippen LogP contribution in [0.3, 0.4) is 0 Å². The van der Waals surface area contributed by atoms with E-state index in [1.165, 1.54) is 0 Å². The van der Waals surface area contributed by atoms with E-state index in [1.807, 2.05) is 19.1 Å². The molecule has 0 heterocycles. The zero-order chi connectivity index (χ0) is 13.5. The second-order valence-corrected chi connectivity index (χ2v) is 4.25. The molecule has 1 rings (SSSR count). The minimum absolute atomic E-state index is 0.229. The van der Waals surface area contributed by atoms with Gasteiger partial charge in [-0.15, -0.1) is 0 Å². The smallest absolute Gasteiger partial charge is 0.276 e. The highest BCUT2D eigenvalue weighted by atomic mass is 35.5. The molecule has 4 N–H and O–H groups in total. The summed E-state index contributed by atoms with van der Waals surface area (Å²) in [5.41, 5.74) is 11.8. The summed E-state index contributed by atoms with van der Waals surface area (Å²) in [6, 6.07) is 7.24. The van der Waals surface area contributed by atoms with Gasteiger partial charge in [-0.3, -0.25) is 4.79 Å². The molecule has 0 saturated carbocycles. The van der Waals surface area contributed by atoms with Crippen molar-refractivity contribution < 1.29 is 4.79 Å². The number of hydrogen-bond donors (Lipinski definition) is 2. The lowest BCUT2D eigenvalue weighted by atomic mass is 10.1. The van der Waals surface area contributed by atoms with Crippen molar-refractivity contribution in [3.05, 3.63) is 40.4 Å². The summed E-state index contributed by atoms with van der Waals surface area (Å²) in [4.78, 5) is 15.3. The van der Waals surface area contributed by atoms with Crippen LogP contribution in [0.1, 0.15) is 25.3 Å². The van der Waals surface area contributed by atoms with Crippen LogP contribution in [0.4, 0.5) is 0 Å². The minimum atomic E-state index is -0.406. The molecule has 0 atom stereocenters. The fraction of sp³-hybridized carbons (Fsp3) is 0.231. The number of nitrogens with zero attached hydrogens (tertiary/aromatic N) is 1. The topological polar surface area (TPSA) is 81.5 Å². The third-order valence-electron chi connectivity index (χ3n) is 2.21. The van der Waals surface area contributed by atoms with E-state index >= 15 is 0 Å². The first-order valence-corrected chi connectivity index (χ1v) is 6.01. The highest BCUT2D eigenvalue weighted by Crippen LogP contribution is 2.16. The highest BCUT2D eigenvalue weighted by Gasteiger charge is 2.08. The van der Waals surface area contributed by atoms with Crippen molar-refractivity contribution in [1.82, 2.24) is 0 Å². The van der Waals surface area contributed by atoms with Crippen LogP contribution in [0.15, 0.2) is 34.8 Å². The largest absolute Gasteiger partial charge is 0.370 e. The Balaban J connectivity index is 3.04. The number of amides is 1. The predicted molar refractivity (Wildman–Crippen MR) is 75.2 cm³/mol. The number of carbonyl (C=O) groups is 1. The molecular formula is C13H16ClN3O. The summed E-state index contributed by atoms with van der Waals surface area (Å²) in [7, 11) is 0. The van der Waals surface area contributed by atoms with Gasteiger partial charge in [-0.05, 0) is 30.2 Å². The van der Waals surface area contributed by atoms with Gasteiger partial charge in [0.1, 0.15) is 0 Å². The molecule has 1 amide bonds. The zero-order valence-electron chi connectivity index (χ0n) is 10.2. The Bertz CT molecular complexity index is 491. The molecule has 0 unspecified atom stereocenters. The van der Waals surface area contributed by atoms with E-state index in [9.17, 15) is 4.79 Å². The van der Waals surface area contributed by atoms with Crippen LogP contribution in [0, 0.1) is 0 Å². The molecular weight excluding hydrogens is 250 g/mol. The summed E-state index contributed by atoms with van der Waals surface area (Å²) >= 11 is 5.89. The maximum Gasteiger partial charge on any atom is 0.276 e. The molecule has 1 aromatic rings. The van der Waals surface area contributed by atoms with E-state index in [0.29, 0.717) is 17.0 Å². The van der Waals surface area contributed by atoms with Crippen LogP contribution < -0.4 is 11.5 Å². The SMILES string of the molecule is CCC/C(=C\c1cccc(Cl)c1)C(=O)N=C(N)N. The number of halogens is 1. The van der Waals surface area contributed by atoms with Crippen LogP contribution >= 0.6 is 11.6 Å². The molecule has 0 radical (unpaired) electrons. The quantitative estimate of drug-likeness (QED) is 0.498. The van der Waals surface area contributed by atoms with Gasteiger partial charge < -0.3 is 11.5 Å². The van der Waals surface area contributed by atoms with Crippen molar-refractivity contribution in [2.45, 2.75) is 19.8 Å². The first-order chi connectivity index (χ1) is 8.52. The molecule has 0 aliphatic carbocycles. The first kappa shape index (κ1) is 14.3. The number of hydrogen-bond acceptors (Lipinski definition) is 1. The number of nitrogens with two attached hydrogens (primary N) is 2. The van der Waals surface area contributed by atoms with E-state index in [4.69, 9.17) is 23.1 Å². The molecule has 96 valence electrons. The van der Waals surface area contributed by atoms with Gasteiger partial charge in [-0.1, -0.05) is 37.1 Å². The zero-order valence-corrected chi connectivity index (χ0v) is 10.9. The Hall–Kier alpha value is -1.81. The standard InChI is InChI=1S/C13H16ClN3O/c1-2-4-10(12(18)17-13(15)16)7-9-5-3-6-11(14)8-9/h3,5-8H,2,4H2,1H3,(H4,15,16,17,18)/b10-7+. The molecule has 0 saturated heterocycles. The molecule has 0 spiro atoms. The number of rotatable bonds is 4. The third-order valence-corrected chi connectivity index (χ3v) is 2.45. The summed E-state index contributed by atoms with van der Waals surface area (Å²) in [5.74, 6) is -0.634. The monoisotopic (exact) mass is 265 g/mol. The number of benzene rings is 1. The predicted octanol–water partition coefficient (Wildman–Crippen LogP) is 2.32. The van der Waals surface area contributed by atoms with Crippen molar-refractivity contribution in [3.63, 3.8) is 0 Å². The molecule has 0 aliphatic rings. The average Bonchev–Trinajstić information content (AvgIpc) is 2.27. The van der Waals surface area contributed by atoms with Gasteiger partial charge in [0.15, 0.2) is 5.96 Å². The van der Waals surface area contributed by atoms with Gasteiger partial charge in [0.25, 0.3) is 5.91 Å². The summed E-state index contributed by atoms with van der Waals surface area (Å²) in [6.45, 7) is 1.98. The van der Waals surface area contributed by atoms with E-state index in [-0.39, 0.29) is 5.96 Å². The van der Waals surface area contributed by atoms with E-state index < -0.39 is 5.91 Å². The highest BCUT2D eigenvalue weighted by molar-refractivity contribution is 6.30. The summed E-state index contributed by atoms with van der Waals surface area (Å²) in [6.07, 6.45) is 3.20. The van der Waals surface area contributed by atoms with Crippen LogP contribution in [0.2, 0.25) is 5.02 Å². The van der Waals surface area contributed by atoms with Crippen LogP contribution in [0.5, 0.6) is 0 Å². The molecule has 0 fully saturated rings.